The largest absolute Gasteiger partial charge is 0.436 e. The van der Waals surface area contributed by atoms with Crippen molar-refractivity contribution in [3.05, 3.63) is 17.5 Å². The molecule has 1 atom stereocenters. The lowest BCUT2D eigenvalue weighted by molar-refractivity contribution is 0.148. The molecule has 74 valence electrons. The van der Waals surface area contributed by atoms with E-state index in [1.165, 1.54) is 0 Å². The number of hydrogen-bond acceptors (Lipinski definition) is 4. The highest BCUT2D eigenvalue weighted by molar-refractivity contribution is 5.99. The molecule has 0 saturated carbocycles. The molecule has 0 aliphatic carbocycles. The van der Waals surface area contributed by atoms with Crippen molar-refractivity contribution in [1.29, 1.82) is 0 Å². The summed E-state index contributed by atoms with van der Waals surface area (Å²) in [7, 11) is 1.81. The molecule has 0 radical (unpaired) electrons. The molecule has 0 bridgehead atoms. The van der Waals surface area contributed by atoms with Gasteiger partial charge < -0.3 is 10.5 Å². The molecule has 2 N–H and O–H groups in total. The van der Waals surface area contributed by atoms with Crippen molar-refractivity contribution in [2.24, 2.45) is 17.8 Å². The Morgan fingerprint density at radius 1 is 1.64 bits per heavy atom. The Hall–Kier alpha value is -1.85. The number of carbonyl (C=O) groups excluding carboxylic acids is 1. The summed E-state index contributed by atoms with van der Waals surface area (Å²) in [4.78, 5) is 14.3. The standard InChI is InChI=1S/C8H10N4O2/c1-4-5(3-10-12(4)2)6-7(9)11-8(13)14-6/h3,6H,1-2H3,(H2,9,11,13). The van der Waals surface area contributed by atoms with Crippen molar-refractivity contribution in [1.82, 2.24) is 9.78 Å². The number of amides is 1. The summed E-state index contributed by atoms with van der Waals surface area (Å²) in [6.45, 7) is 1.88. The van der Waals surface area contributed by atoms with Crippen LogP contribution in [0, 0.1) is 6.92 Å². The van der Waals surface area contributed by atoms with E-state index in [4.69, 9.17) is 10.5 Å². The normalized spacial score (nSPS) is 20.9. The van der Waals surface area contributed by atoms with Crippen LogP contribution in [0.5, 0.6) is 0 Å². The van der Waals surface area contributed by atoms with E-state index in [0.717, 1.165) is 11.3 Å². The van der Waals surface area contributed by atoms with Gasteiger partial charge in [0.05, 0.1) is 6.20 Å². The number of ether oxygens (including phenoxy) is 1. The number of aromatic nitrogens is 2. The number of rotatable bonds is 1. The summed E-state index contributed by atoms with van der Waals surface area (Å²) in [5, 5.41) is 4.04. The first kappa shape index (κ1) is 8.74. The van der Waals surface area contributed by atoms with Gasteiger partial charge in [-0.05, 0) is 6.92 Å². The maximum absolute atomic E-state index is 10.8. The quantitative estimate of drug-likeness (QED) is 0.695. The molecule has 2 rings (SSSR count). The zero-order valence-electron chi connectivity index (χ0n) is 7.89. The van der Waals surface area contributed by atoms with Gasteiger partial charge in [-0.1, -0.05) is 0 Å². The lowest BCUT2D eigenvalue weighted by Crippen LogP contribution is -2.19. The van der Waals surface area contributed by atoms with E-state index in [2.05, 4.69) is 10.1 Å². The van der Waals surface area contributed by atoms with Crippen LogP contribution in [0.1, 0.15) is 17.4 Å². The third-order valence-electron chi connectivity index (χ3n) is 2.26. The third-order valence-corrected chi connectivity index (χ3v) is 2.26. The minimum Gasteiger partial charge on any atom is -0.431 e. The molecule has 1 aliphatic heterocycles. The molecule has 6 heteroatoms. The molecule has 1 aromatic heterocycles. The van der Waals surface area contributed by atoms with Gasteiger partial charge in [-0.25, -0.2) is 4.79 Å². The second-order valence-corrected chi connectivity index (χ2v) is 3.11. The van der Waals surface area contributed by atoms with E-state index in [9.17, 15) is 4.79 Å². The van der Waals surface area contributed by atoms with Crippen molar-refractivity contribution < 1.29 is 9.53 Å². The third kappa shape index (κ3) is 1.15. The van der Waals surface area contributed by atoms with Crippen LogP contribution in [0.25, 0.3) is 0 Å². The Morgan fingerprint density at radius 2 is 2.36 bits per heavy atom. The van der Waals surface area contributed by atoms with Crippen LogP contribution in [0.4, 0.5) is 4.79 Å². The lowest BCUT2D eigenvalue weighted by Gasteiger charge is -2.08. The summed E-state index contributed by atoms with van der Waals surface area (Å²) in [6.07, 6.45) is 0.410. The Kier molecular flexibility index (Phi) is 1.77. The fraction of sp³-hybridized carbons (Fsp3) is 0.375. The molecule has 0 fully saturated rings. The average Bonchev–Trinajstić information content (AvgIpc) is 2.59. The highest BCUT2D eigenvalue weighted by Gasteiger charge is 2.30. The molecule has 0 spiro atoms. The maximum Gasteiger partial charge on any atom is 0.436 e. The Bertz CT molecular complexity index is 421. The van der Waals surface area contributed by atoms with Crippen molar-refractivity contribution in [3.8, 4) is 0 Å². The summed E-state index contributed by atoms with van der Waals surface area (Å²) in [5.41, 5.74) is 7.23. The summed E-state index contributed by atoms with van der Waals surface area (Å²) >= 11 is 0. The van der Waals surface area contributed by atoms with Crippen LogP contribution in [0.15, 0.2) is 11.2 Å². The minimum absolute atomic E-state index is 0.186. The molecule has 6 nitrogen and oxygen atoms in total. The number of nitrogens with zero attached hydrogens (tertiary/aromatic N) is 3. The highest BCUT2D eigenvalue weighted by atomic mass is 16.6. The molecule has 1 aromatic rings. The topological polar surface area (TPSA) is 82.5 Å². The number of carbonyl (C=O) groups is 1. The zero-order chi connectivity index (χ0) is 10.3. The van der Waals surface area contributed by atoms with E-state index in [0.29, 0.717) is 0 Å². The molecule has 1 aliphatic rings. The van der Waals surface area contributed by atoms with Crippen LogP contribution in [0.2, 0.25) is 0 Å². The van der Waals surface area contributed by atoms with Crippen LogP contribution in [0.3, 0.4) is 0 Å². The fourth-order valence-electron chi connectivity index (χ4n) is 1.35. The second-order valence-electron chi connectivity index (χ2n) is 3.11. The Balaban J connectivity index is 2.38. The van der Waals surface area contributed by atoms with E-state index >= 15 is 0 Å². The van der Waals surface area contributed by atoms with Crippen LogP contribution in [-0.2, 0) is 11.8 Å². The smallest absolute Gasteiger partial charge is 0.431 e. The van der Waals surface area contributed by atoms with Gasteiger partial charge in [0.15, 0.2) is 11.9 Å². The molecule has 2 heterocycles. The lowest BCUT2D eigenvalue weighted by atomic mass is 10.1. The fourth-order valence-corrected chi connectivity index (χ4v) is 1.35. The van der Waals surface area contributed by atoms with Crippen molar-refractivity contribution in [2.45, 2.75) is 13.0 Å². The van der Waals surface area contributed by atoms with E-state index in [1.54, 1.807) is 10.9 Å². The van der Waals surface area contributed by atoms with Gasteiger partial charge in [-0.15, -0.1) is 0 Å². The van der Waals surface area contributed by atoms with Gasteiger partial charge in [0.25, 0.3) is 0 Å². The predicted octanol–water partition coefficient (Wildman–Crippen LogP) is 0.277. The first-order chi connectivity index (χ1) is 6.59. The van der Waals surface area contributed by atoms with Crippen molar-refractivity contribution in [3.63, 3.8) is 0 Å². The molecule has 1 amide bonds. The highest BCUT2D eigenvalue weighted by Crippen LogP contribution is 2.25. The number of amidine groups is 1. The van der Waals surface area contributed by atoms with Crippen LogP contribution >= 0.6 is 0 Å². The van der Waals surface area contributed by atoms with Gasteiger partial charge in [0.1, 0.15) is 0 Å². The average molecular weight is 194 g/mol. The summed E-state index contributed by atoms with van der Waals surface area (Å²) < 4.78 is 6.62. The van der Waals surface area contributed by atoms with Gasteiger partial charge >= 0.3 is 6.09 Å². The van der Waals surface area contributed by atoms with E-state index in [-0.39, 0.29) is 5.84 Å². The minimum atomic E-state index is -0.643. The van der Waals surface area contributed by atoms with Crippen molar-refractivity contribution in [2.75, 3.05) is 0 Å². The summed E-state index contributed by atoms with van der Waals surface area (Å²) in [5.74, 6) is 0.186. The first-order valence-electron chi connectivity index (χ1n) is 4.12. The monoisotopic (exact) mass is 194 g/mol. The number of aryl methyl sites for hydroxylation is 1. The zero-order valence-corrected chi connectivity index (χ0v) is 7.89. The summed E-state index contributed by atoms with van der Waals surface area (Å²) in [6, 6.07) is 0. The van der Waals surface area contributed by atoms with E-state index in [1.807, 2.05) is 14.0 Å². The van der Waals surface area contributed by atoms with Gasteiger partial charge in [-0.2, -0.15) is 10.1 Å². The van der Waals surface area contributed by atoms with Crippen LogP contribution < -0.4 is 5.73 Å². The molecular formula is C8H10N4O2. The maximum atomic E-state index is 10.8. The number of hydrogen-bond donors (Lipinski definition) is 1. The number of nitrogens with two attached hydrogens (primary N) is 1. The molecule has 0 saturated heterocycles. The van der Waals surface area contributed by atoms with Gasteiger partial charge in [0.2, 0.25) is 0 Å². The van der Waals surface area contributed by atoms with Gasteiger partial charge in [0, 0.05) is 18.3 Å². The number of aliphatic imine (C=N–C) groups is 1. The molecular weight excluding hydrogens is 184 g/mol. The van der Waals surface area contributed by atoms with Gasteiger partial charge in [-0.3, -0.25) is 4.68 Å². The van der Waals surface area contributed by atoms with Crippen LogP contribution in [-0.4, -0.2) is 21.7 Å². The Morgan fingerprint density at radius 3 is 2.79 bits per heavy atom. The predicted molar refractivity (Wildman–Crippen MR) is 48.8 cm³/mol. The SMILES string of the molecule is Cc1c(C2OC(=O)N=C2N)cnn1C. The van der Waals surface area contributed by atoms with Crippen molar-refractivity contribution >= 4 is 11.9 Å². The first-order valence-corrected chi connectivity index (χ1v) is 4.12. The molecule has 0 aromatic carbocycles. The molecule has 1 unspecified atom stereocenters. The molecule has 14 heavy (non-hydrogen) atoms. The Labute approximate surface area is 80.4 Å². The second kappa shape index (κ2) is 2.83. The van der Waals surface area contributed by atoms with E-state index < -0.39 is 12.2 Å². The number of cyclic esters (lactones) is 1.